The summed E-state index contributed by atoms with van der Waals surface area (Å²) in [6, 6.07) is 0. The molecule has 0 fully saturated rings. The van der Waals surface area contributed by atoms with Crippen LogP contribution in [0.2, 0.25) is 0 Å². The molecule has 0 aliphatic rings. The Hall–Kier alpha value is 0.500. The lowest BCUT2D eigenvalue weighted by molar-refractivity contribution is -0.299. The van der Waals surface area contributed by atoms with Gasteiger partial charge in [0.1, 0.15) is 0 Å². The van der Waals surface area contributed by atoms with E-state index in [0.717, 1.165) is 0 Å². The average molecular weight is 116 g/mol. The van der Waals surface area contributed by atoms with E-state index in [1.807, 2.05) is 0 Å². The first-order chi connectivity index (χ1) is 2.27. The van der Waals surface area contributed by atoms with Crippen LogP contribution in [0, 0.1) is 0 Å². The molecule has 4 heteroatoms. The van der Waals surface area contributed by atoms with Crippen molar-refractivity contribution in [1.82, 2.24) is 0 Å². The van der Waals surface area contributed by atoms with E-state index in [2.05, 4.69) is 4.89 Å². The first-order valence-corrected chi connectivity index (χ1v) is 1.71. The molecular formula is CHCl2O2. The van der Waals surface area contributed by atoms with Crippen LogP contribution in [0.15, 0.2) is 0 Å². The second-order valence-electron chi connectivity index (χ2n) is 0.357. The largest absolute Gasteiger partial charge is 0.242 e. The van der Waals surface area contributed by atoms with Crippen molar-refractivity contribution in [2.75, 3.05) is 0 Å². The molecular weight excluding hydrogens is 115 g/mol. The van der Waals surface area contributed by atoms with Gasteiger partial charge in [0.25, 0.3) is 0 Å². The Labute approximate surface area is 39.2 Å². The number of halogens is 2. The molecule has 0 unspecified atom stereocenters. The highest BCUT2D eigenvalue weighted by molar-refractivity contribution is 6.43. The van der Waals surface area contributed by atoms with Gasteiger partial charge in [-0.1, -0.05) is 23.2 Å². The molecule has 0 heterocycles. The SMILES string of the molecule is [O]OC(Cl)Cl. The van der Waals surface area contributed by atoms with Crippen LogP contribution < -0.4 is 0 Å². The Kier molecular flexibility index (Phi) is 2.99. The fourth-order valence-corrected chi connectivity index (χ4v) is 0. The highest BCUT2D eigenvalue weighted by Gasteiger charge is 1.90. The predicted molar refractivity (Wildman–Crippen MR) is 17.3 cm³/mol. The van der Waals surface area contributed by atoms with Gasteiger partial charge in [-0.05, 0) is 5.26 Å². The lowest BCUT2D eigenvalue weighted by Crippen LogP contribution is -1.84. The van der Waals surface area contributed by atoms with E-state index in [1.165, 1.54) is 0 Å². The van der Waals surface area contributed by atoms with Crippen molar-refractivity contribution >= 4 is 23.2 Å². The standard InChI is InChI=1S/CHCl2O2/c2-1(3)5-4/h1H. The van der Waals surface area contributed by atoms with Gasteiger partial charge in [-0.3, -0.25) is 0 Å². The highest BCUT2D eigenvalue weighted by Crippen LogP contribution is 1.98. The fourth-order valence-electron chi connectivity index (χ4n) is 0. The number of hydrogen-bond acceptors (Lipinski definition) is 1. The molecule has 1 radical (unpaired) electrons. The molecule has 0 saturated carbocycles. The zero-order valence-corrected chi connectivity index (χ0v) is 3.66. The van der Waals surface area contributed by atoms with E-state index in [-0.39, 0.29) is 0 Å². The number of hydrogen-bond donors (Lipinski definition) is 0. The maximum absolute atomic E-state index is 8.87. The molecule has 0 rings (SSSR count). The van der Waals surface area contributed by atoms with Crippen molar-refractivity contribution in [3.05, 3.63) is 0 Å². The molecule has 0 saturated heterocycles. The van der Waals surface area contributed by atoms with E-state index in [1.54, 1.807) is 0 Å². The molecule has 0 aromatic carbocycles. The molecule has 31 valence electrons. The van der Waals surface area contributed by atoms with Gasteiger partial charge < -0.3 is 0 Å². The third-order valence-corrected chi connectivity index (χ3v) is 0.218. The second-order valence-corrected chi connectivity index (χ2v) is 1.37. The van der Waals surface area contributed by atoms with Crippen LogP contribution in [0.1, 0.15) is 0 Å². The Balaban J connectivity index is 2.54. The Morgan fingerprint density at radius 3 is 1.80 bits per heavy atom. The lowest BCUT2D eigenvalue weighted by atomic mass is 11.7. The van der Waals surface area contributed by atoms with Crippen LogP contribution in [0.4, 0.5) is 0 Å². The summed E-state index contributed by atoms with van der Waals surface area (Å²) in [6.45, 7) is 0. The Morgan fingerprint density at radius 1 is 1.60 bits per heavy atom. The molecule has 5 heavy (non-hydrogen) atoms. The highest BCUT2D eigenvalue weighted by atomic mass is 35.5. The second kappa shape index (κ2) is 2.72. The molecule has 2 nitrogen and oxygen atoms in total. The molecule has 0 aliphatic carbocycles. The van der Waals surface area contributed by atoms with Crippen LogP contribution in [0.3, 0.4) is 0 Å². The van der Waals surface area contributed by atoms with Gasteiger partial charge in [-0.25, -0.2) is 0 Å². The smallest absolute Gasteiger partial charge is 0.167 e. The van der Waals surface area contributed by atoms with Crippen LogP contribution >= 0.6 is 23.2 Å². The normalized spacial score (nSPS) is 9.60. The van der Waals surface area contributed by atoms with Gasteiger partial charge in [0.15, 0.2) is 0 Å². The minimum Gasteiger partial charge on any atom is -0.167 e. The van der Waals surface area contributed by atoms with Gasteiger partial charge in [0.05, 0.1) is 0 Å². The van der Waals surface area contributed by atoms with Crippen molar-refractivity contribution in [2.24, 2.45) is 0 Å². The lowest BCUT2D eigenvalue weighted by Gasteiger charge is -1.82. The van der Waals surface area contributed by atoms with Crippen molar-refractivity contribution in [3.63, 3.8) is 0 Å². The summed E-state index contributed by atoms with van der Waals surface area (Å²) in [4.78, 5) is 3.03. The van der Waals surface area contributed by atoms with Gasteiger partial charge in [-0.15, -0.1) is 0 Å². The van der Waals surface area contributed by atoms with E-state index in [0.29, 0.717) is 0 Å². The van der Waals surface area contributed by atoms with Gasteiger partial charge in [-0.2, -0.15) is 4.89 Å². The molecule has 0 amide bonds. The summed E-state index contributed by atoms with van der Waals surface area (Å²) in [5.41, 5.74) is 0. The number of alkyl halides is 2. The van der Waals surface area contributed by atoms with Crippen molar-refractivity contribution < 1.29 is 10.1 Å². The van der Waals surface area contributed by atoms with Gasteiger partial charge in [0, 0.05) is 0 Å². The molecule has 0 atom stereocenters. The first-order valence-electron chi connectivity index (χ1n) is 0.839. The van der Waals surface area contributed by atoms with E-state index >= 15 is 0 Å². The topological polar surface area (TPSA) is 29.1 Å². The van der Waals surface area contributed by atoms with Gasteiger partial charge in [0.2, 0.25) is 5.02 Å². The van der Waals surface area contributed by atoms with E-state index in [9.17, 15) is 0 Å². The maximum atomic E-state index is 8.87. The van der Waals surface area contributed by atoms with E-state index in [4.69, 9.17) is 28.5 Å². The Morgan fingerprint density at radius 2 is 1.80 bits per heavy atom. The van der Waals surface area contributed by atoms with Crippen LogP contribution in [0.5, 0.6) is 0 Å². The molecule has 0 aromatic heterocycles. The summed E-state index contributed by atoms with van der Waals surface area (Å²) in [6.07, 6.45) is 0. The summed E-state index contributed by atoms with van der Waals surface area (Å²) < 4.78 is 0. The van der Waals surface area contributed by atoms with Crippen molar-refractivity contribution in [1.29, 1.82) is 0 Å². The summed E-state index contributed by atoms with van der Waals surface area (Å²) >= 11 is 9.39. The maximum Gasteiger partial charge on any atom is 0.242 e. The van der Waals surface area contributed by atoms with Crippen molar-refractivity contribution in [2.45, 2.75) is 5.02 Å². The zero-order valence-electron chi connectivity index (χ0n) is 2.15. The molecule has 0 aromatic rings. The quantitative estimate of drug-likeness (QED) is 0.286. The molecule has 0 spiro atoms. The number of rotatable bonds is 1. The molecule has 0 aliphatic heterocycles. The summed E-state index contributed by atoms with van der Waals surface area (Å²) in [5, 5.41) is 7.64. The van der Waals surface area contributed by atoms with Crippen LogP contribution in [0.25, 0.3) is 0 Å². The predicted octanol–water partition coefficient (Wildman–Crippen LogP) is 1.11. The zero-order chi connectivity index (χ0) is 4.28. The fraction of sp³-hybridized carbons (Fsp3) is 1.00. The minimum absolute atomic E-state index is 1.23. The third kappa shape index (κ3) is 4.50. The summed E-state index contributed by atoms with van der Waals surface area (Å²) in [7, 11) is 0. The summed E-state index contributed by atoms with van der Waals surface area (Å²) in [5.74, 6) is 0. The molecule has 0 N–H and O–H groups in total. The van der Waals surface area contributed by atoms with Crippen LogP contribution in [-0.2, 0) is 10.1 Å². The Bertz CT molecular complexity index is 21.6. The van der Waals surface area contributed by atoms with Gasteiger partial charge >= 0.3 is 0 Å². The minimum atomic E-state index is -1.23. The first kappa shape index (κ1) is 5.50. The van der Waals surface area contributed by atoms with Crippen molar-refractivity contribution in [3.8, 4) is 0 Å². The third-order valence-electron chi connectivity index (χ3n) is 0.0727. The molecule has 0 bridgehead atoms. The average Bonchev–Trinajstić information content (AvgIpc) is 1.38. The van der Waals surface area contributed by atoms with E-state index < -0.39 is 5.02 Å². The monoisotopic (exact) mass is 115 g/mol. The van der Waals surface area contributed by atoms with Crippen LogP contribution in [-0.4, -0.2) is 5.02 Å².